The molecule has 6 nitrogen and oxygen atoms in total. The number of piperazine rings is 1. The maximum atomic E-state index is 13.4. The van der Waals surface area contributed by atoms with Crippen molar-refractivity contribution < 1.29 is 18.3 Å². The number of aromatic nitrogens is 2. The Morgan fingerprint density at radius 1 is 1.19 bits per heavy atom. The summed E-state index contributed by atoms with van der Waals surface area (Å²) in [6, 6.07) is 5.06. The molecule has 31 heavy (non-hydrogen) atoms. The Balaban J connectivity index is 1.65. The maximum Gasteiger partial charge on any atom is 0.226 e. The second kappa shape index (κ2) is 10.5. The first kappa shape index (κ1) is 22.9. The molecule has 0 saturated carbocycles. The zero-order valence-corrected chi connectivity index (χ0v) is 18.4. The second-order valence-electron chi connectivity index (χ2n) is 7.97. The molecule has 2 aromatic rings. The van der Waals surface area contributed by atoms with Crippen LogP contribution in [-0.2, 0) is 4.79 Å². The fourth-order valence-corrected chi connectivity index (χ4v) is 3.90. The van der Waals surface area contributed by atoms with Crippen LogP contribution in [0.15, 0.2) is 30.6 Å². The number of carbonyl (C=O) groups is 1. The highest BCUT2D eigenvalue weighted by atomic mass is 19.2. The lowest BCUT2D eigenvalue weighted by Crippen LogP contribution is -2.55. The standard InChI is InChI=1S/C23H30F2N4O2/c1-4-6-7-17(5-2)23(30)29-11-10-28(14-16(29)3)21-13-22(27-15-26-21)31-18-8-9-19(24)20(25)12-18/h8-9,12-13,15-17H,4-7,10-11,14H2,1-3H3/t16-,17-/m0/s1. The quantitative estimate of drug-likeness (QED) is 0.600. The summed E-state index contributed by atoms with van der Waals surface area (Å²) in [5, 5.41) is 0. The Hall–Kier alpha value is -2.77. The van der Waals surface area contributed by atoms with Gasteiger partial charge in [0.2, 0.25) is 11.8 Å². The van der Waals surface area contributed by atoms with Crippen LogP contribution in [0.5, 0.6) is 11.6 Å². The molecular formula is C23H30F2N4O2. The van der Waals surface area contributed by atoms with Crippen LogP contribution in [0.1, 0.15) is 46.5 Å². The van der Waals surface area contributed by atoms with E-state index in [1.54, 1.807) is 6.07 Å². The SMILES string of the molecule is CCCC[C@H](CC)C(=O)N1CCN(c2cc(Oc3ccc(F)c(F)c3)ncn2)C[C@@H]1C. The van der Waals surface area contributed by atoms with Crippen molar-refractivity contribution in [2.75, 3.05) is 24.5 Å². The van der Waals surface area contributed by atoms with Crippen LogP contribution in [0.2, 0.25) is 0 Å². The van der Waals surface area contributed by atoms with Gasteiger partial charge in [-0.25, -0.2) is 18.7 Å². The molecule has 0 unspecified atom stereocenters. The number of hydrogen-bond donors (Lipinski definition) is 0. The van der Waals surface area contributed by atoms with E-state index in [0.717, 1.165) is 37.8 Å². The van der Waals surface area contributed by atoms with Crippen LogP contribution >= 0.6 is 0 Å². The van der Waals surface area contributed by atoms with Crippen LogP contribution in [0, 0.1) is 17.6 Å². The van der Waals surface area contributed by atoms with E-state index in [-0.39, 0.29) is 29.5 Å². The molecule has 1 fully saturated rings. The van der Waals surface area contributed by atoms with Crippen molar-refractivity contribution in [1.82, 2.24) is 14.9 Å². The van der Waals surface area contributed by atoms with Crippen molar-refractivity contribution in [3.8, 4) is 11.6 Å². The molecule has 1 aromatic heterocycles. The van der Waals surface area contributed by atoms with Crippen molar-refractivity contribution in [2.45, 2.75) is 52.5 Å². The van der Waals surface area contributed by atoms with Gasteiger partial charge in [-0.15, -0.1) is 0 Å². The molecule has 168 valence electrons. The highest BCUT2D eigenvalue weighted by Crippen LogP contribution is 2.26. The van der Waals surface area contributed by atoms with Crippen LogP contribution in [0.25, 0.3) is 0 Å². The minimum absolute atomic E-state index is 0.0578. The van der Waals surface area contributed by atoms with Gasteiger partial charge in [-0.1, -0.05) is 26.7 Å². The molecule has 1 aromatic carbocycles. The van der Waals surface area contributed by atoms with Crippen molar-refractivity contribution in [3.05, 3.63) is 42.2 Å². The molecule has 1 aliphatic rings. The van der Waals surface area contributed by atoms with E-state index in [9.17, 15) is 13.6 Å². The molecule has 0 aliphatic carbocycles. The number of rotatable bonds is 8. The van der Waals surface area contributed by atoms with Gasteiger partial charge < -0.3 is 14.5 Å². The molecule has 1 saturated heterocycles. The molecule has 0 bridgehead atoms. The highest BCUT2D eigenvalue weighted by Gasteiger charge is 2.31. The molecule has 0 N–H and O–H groups in total. The van der Waals surface area contributed by atoms with Gasteiger partial charge in [0, 0.05) is 43.7 Å². The predicted molar refractivity (Wildman–Crippen MR) is 115 cm³/mol. The summed E-state index contributed by atoms with van der Waals surface area (Å²) in [4.78, 5) is 25.5. The molecule has 2 heterocycles. The molecule has 8 heteroatoms. The Bertz CT molecular complexity index is 896. The summed E-state index contributed by atoms with van der Waals surface area (Å²) in [5.74, 6) is -0.512. The normalized spacial score (nSPS) is 17.5. The summed E-state index contributed by atoms with van der Waals surface area (Å²) in [6.07, 6.45) is 5.35. The molecular weight excluding hydrogens is 402 g/mol. The number of unbranched alkanes of at least 4 members (excludes halogenated alkanes) is 1. The average molecular weight is 433 g/mol. The van der Waals surface area contributed by atoms with E-state index in [1.807, 2.05) is 4.90 Å². The first-order chi connectivity index (χ1) is 14.9. The van der Waals surface area contributed by atoms with Crippen LogP contribution in [0.4, 0.5) is 14.6 Å². The summed E-state index contributed by atoms with van der Waals surface area (Å²) >= 11 is 0. The fourth-order valence-electron chi connectivity index (χ4n) is 3.90. The number of halogens is 2. The summed E-state index contributed by atoms with van der Waals surface area (Å²) < 4.78 is 32.1. The number of hydrogen-bond acceptors (Lipinski definition) is 5. The first-order valence-corrected chi connectivity index (χ1v) is 10.9. The van der Waals surface area contributed by atoms with Gasteiger partial charge in [-0.3, -0.25) is 4.79 Å². The minimum atomic E-state index is -0.981. The van der Waals surface area contributed by atoms with Gasteiger partial charge >= 0.3 is 0 Å². The summed E-state index contributed by atoms with van der Waals surface area (Å²) in [5.41, 5.74) is 0. The van der Waals surface area contributed by atoms with Gasteiger partial charge in [-0.05, 0) is 31.9 Å². The van der Waals surface area contributed by atoms with E-state index in [0.29, 0.717) is 25.5 Å². The van der Waals surface area contributed by atoms with Gasteiger partial charge in [0.05, 0.1) is 0 Å². The zero-order valence-electron chi connectivity index (χ0n) is 18.4. The lowest BCUT2D eigenvalue weighted by molar-refractivity contribution is -0.138. The zero-order chi connectivity index (χ0) is 22.4. The number of ether oxygens (including phenoxy) is 1. The topological polar surface area (TPSA) is 58.6 Å². The maximum absolute atomic E-state index is 13.4. The van der Waals surface area contributed by atoms with Crippen LogP contribution in [0.3, 0.4) is 0 Å². The number of amides is 1. The molecule has 1 amide bonds. The Kier molecular flexibility index (Phi) is 7.76. The van der Waals surface area contributed by atoms with Gasteiger partial charge in [0.15, 0.2) is 11.6 Å². The molecule has 2 atom stereocenters. The Morgan fingerprint density at radius 3 is 2.68 bits per heavy atom. The Labute approximate surface area is 182 Å². The Morgan fingerprint density at radius 2 is 2.00 bits per heavy atom. The molecule has 0 spiro atoms. The number of carbonyl (C=O) groups excluding carboxylic acids is 1. The largest absolute Gasteiger partial charge is 0.439 e. The fraction of sp³-hybridized carbons (Fsp3) is 0.522. The lowest BCUT2D eigenvalue weighted by Gasteiger charge is -2.41. The van der Waals surface area contributed by atoms with E-state index in [4.69, 9.17) is 4.74 Å². The summed E-state index contributed by atoms with van der Waals surface area (Å²) in [6.45, 7) is 8.21. The second-order valence-corrected chi connectivity index (χ2v) is 7.97. The van der Waals surface area contributed by atoms with Crippen molar-refractivity contribution >= 4 is 11.7 Å². The van der Waals surface area contributed by atoms with Crippen molar-refractivity contribution in [3.63, 3.8) is 0 Å². The van der Waals surface area contributed by atoms with Gasteiger partial charge in [0.1, 0.15) is 17.9 Å². The number of nitrogens with zero attached hydrogens (tertiary/aromatic N) is 4. The van der Waals surface area contributed by atoms with Gasteiger partial charge in [-0.2, -0.15) is 0 Å². The van der Waals surface area contributed by atoms with Crippen molar-refractivity contribution in [2.24, 2.45) is 5.92 Å². The average Bonchev–Trinajstić information content (AvgIpc) is 2.77. The van der Waals surface area contributed by atoms with Crippen LogP contribution in [-0.4, -0.2) is 46.5 Å². The number of benzene rings is 1. The number of anilines is 1. The van der Waals surface area contributed by atoms with E-state index in [1.165, 1.54) is 12.4 Å². The lowest BCUT2D eigenvalue weighted by atomic mass is 9.96. The van der Waals surface area contributed by atoms with E-state index in [2.05, 4.69) is 35.6 Å². The third-order valence-electron chi connectivity index (χ3n) is 5.72. The monoisotopic (exact) mass is 432 g/mol. The molecule has 1 aliphatic heterocycles. The smallest absolute Gasteiger partial charge is 0.226 e. The summed E-state index contributed by atoms with van der Waals surface area (Å²) in [7, 11) is 0. The highest BCUT2D eigenvalue weighted by molar-refractivity contribution is 5.79. The van der Waals surface area contributed by atoms with Crippen molar-refractivity contribution in [1.29, 1.82) is 0 Å². The van der Waals surface area contributed by atoms with E-state index >= 15 is 0 Å². The third kappa shape index (κ3) is 5.68. The van der Waals surface area contributed by atoms with Gasteiger partial charge in [0.25, 0.3) is 0 Å². The molecule has 3 rings (SSSR count). The third-order valence-corrected chi connectivity index (χ3v) is 5.72. The van der Waals surface area contributed by atoms with E-state index < -0.39 is 11.6 Å². The first-order valence-electron chi connectivity index (χ1n) is 10.9. The predicted octanol–water partition coefficient (Wildman–Crippen LogP) is 4.80. The van der Waals surface area contributed by atoms with Crippen LogP contribution < -0.4 is 9.64 Å². The minimum Gasteiger partial charge on any atom is -0.439 e. The molecule has 0 radical (unpaired) electrons.